The molecule has 3 aromatic heterocycles. The van der Waals surface area contributed by atoms with E-state index in [4.69, 9.17) is 20.0 Å². The lowest BCUT2D eigenvalue weighted by Gasteiger charge is -2.49. The van der Waals surface area contributed by atoms with Crippen molar-refractivity contribution in [3.05, 3.63) is 40.9 Å². The van der Waals surface area contributed by atoms with Gasteiger partial charge in [0.05, 0.1) is 5.41 Å². The van der Waals surface area contributed by atoms with Crippen molar-refractivity contribution in [3.63, 3.8) is 0 Å². The smallest absolute Gasteiger partial charge is 0.357 e. The Morgan fingerprint density at radius 3 is 2.75 bits per heavy atom. The predicted octanol–water partition coefficient (Wildman–Crippen LogP) is 1.05. The lowest BCUT2D eigenvalue weighted by molar-refractivity contribution is -0.173. The van der Waals surface area contributed by atoms with Crippen molar-refractivity contribution in [2.75, 3.05) is 31.1 Å². The second-order valence-electron chi connectivity index (χ2n) is 10.3. The van der Waals surface area contributed by atoms with Crippen LogP contribution in [0.1, 0.15) is 26.5 Å². The number of carbonyl (C=O) groups is 4. The Labute approximate surface area is 262 Å². The molecule has 0 bridgehead atoms. The number of nitrogen functional groups attached to an aromatic ring is 1. The summed E-state index contributed by atoms with van der Waals surface area (Å²) in [6.07, 6.45) is 3.10. The molecule has 0 aromatic carbocycles. The van der Waals surface area contributed by atoms with E-state index in [1.54, 1.807) is 38.4 Å². The summed E-state index contributed by atoms with van der Waals surface area (Å²) in [4.78, 5) is 70.8. The number of amides is 2. The summed E-state index contributed by atoms with van der Waals surface area (Å²) in [6.45, 7) is 4.38. The fourth-order valence-electron chi connectivity index (χ4n) is 4.05. The van der Waals surface area contributed by atoms with Crippen molar-refractivity contribution in [3.8, 4) is 0 Å². The van der Waals surface area contributed by atoms with Gasteiger partial charge in [-0.3, -0.25) is 19.3 Å². The van der Waals surface area contributed by atoms with E-state index in [1.165, 1.54) is 46.4 Å². The fourth-order valence-corrected chi connectivity index (χ4v) is 6.93. The Hall–Kier alpha value is -4.23. The molecular formula is C25H27N9O7S3. The largest absolute Gasteiger partial charge is 0.427 e. The zero-order chi connectivity index (χ0) is 31.6. The van der Waals surface area contributed by atoms with E-state index in [9.17, 15) is 19.2 Å². The number of nitrogens with one attached hydrogen (secondary N) is 1. The van der Waals surface area contributed by atoms with Crippen molar-refractivity contribution >= 4 is 75.2 Å². The van der Waals surface area contributed by atoms with Crippen LogP contribution >= 0.6 is 34.9 Å². The van der Waals surface area contributed by atoms with Crippen LogP contribution in [0.4, 0.5) is 5.13 Å². The van der Waals surface area contributed by atoms with Crippen LogP contribution in [-0.4, -0.2) is 95.8 Å². The number of ether oxygens (including phenoxy) is 2. The Morgan fingerprint density at radius 1 is 1.25 bits per heavy atom. The second kappa shape index (κ2) is 12.8. The molecule has 232 valence electrons. The molecule has 2 aliphatic rings. The van der Waals surface area contributed by atoms with Crippen LogP contribution in [0.15, 0.2) is 45.4 Å². The number of fused-ring (bicyclic) bond motifs is 2. The molecule has 0 aliphatic carbocycles. The van der Waals surface area contributed by atoms with Crippen LogP contribution in [0, 0.1) is 5.41 Å². The molecule has 16 nitrogen and oxygen atoms in total. The minimum atomic E-state index is -0.974. The summed E-state index contributed by atoms with van der Waals surface area (Å²) in [5.41, 5.74) is 5.56. The van der Waals surface area contributed by atoms with Gasteiger partial charge in [-0.25, -0.2) is 19.3 Å². The maximum Gasteiger partial charge on any atom is 0.357 e. The molecule has 3 N–H and O–H groups in total. The third-order valence-electron chi connectivity index (χ3n) is 6.20. The van der Waals surface area contributed by atoms with Crippen molar-refractivity contribution in [1.82, 2.24) is 34.8 Å². The minimum Gasteiger partial charge on any atom is -0.427 e. The van der Waals surface area contributed by atoms with Gasteiger partial charge < -0.3 is 25.4 Å². The quantitative estimate of drug-likeness (QED) is 0.0593. The summed E-state index contributed by atoms with van der Waals surface area (Å²) < 4.78 is 11.9. The standard InChI is InChI=1S/C25H27N9O7S3/c1-25(2,3)22(38)41-11-40-21(37)17-12(7-42-14-5-6-33-24(30-14)27-10-28-33)8-43-20-16(19(36)34(17)20)31-18(35)15(32-39-4)13-9-44-23(26)29-13/h5-6,9-10,16,20H,7-8,11H2,1-4H3,(H2,26,29)(H,31,35)/t16-,20-/m1/s1. The van der Waals surface area contributed by atoms with Gasteiger partial charge in [-0.2, -0.15) is 10.1 Å². The first-order valence-corrected chi connectivity index (χ1v) is 15.8. The van der Waals surface area contributed by atoms with Gasteiger partial charge >= 0.3 is 11.9 Å². The topological polar surface area (TPSA) is 206 Å². The van der Waals surface area contributed by atoms with Crippen molar-refractivity contribution < 1.29 is 33.5 Å². The molecule has 0 radical (unpaired) electrons. The van der Waals surface area contributed by atoms with Crippen LogP contribution < -0.4 is 11.1 Å². The molecule has 3 aromatic rings. The Bertz CT molecular complexity index is 1680. The maximum atomic E-state index is 13.4. The highest BCUT2D eigenvalue weighted by molar-refractivity contribution is 8.01. The van der Waals surface area contributed by atoms with Crippen LogP contribution in [0.3, 0.4) is 0 Å². The third-order valence-corrected chi connectivity index (χ3v) is 9.23. The van der Waals surface area contributed by atoms with E-state index in [0.717, 1.165) is 11.3 Å². The number of hydrogen-bond donors (Lipinski definition) is 2. The fraction of sp³-hybridized carbons (Fsp3) is 0.400. The zero-order valence-corrected chi connectivity index (χ0v) is 26.3. The molecule has 1 fully saturated rings. The molecule has 0 saturated carbocycles. The molecule has 5 rings (SSSR count). The number of anilines is 1. The van der Waals surface area contributed by atoms with Gasteiger partial charge in [0.25, 0.3) is 17.6 Å². The van der Waals surface area contributed by atoms with E-state index < -0.39 is 47.4 Å². The summed E-state index contributed by atoms with van der Waals surface area (Å²) in [5.74, 6) is -1.58. The van der Waals surface area contributed by atoms with Gasteiger partial charge in [0.1, 0.15) is 41.3 Å². The number of β-lactam (4-membered cyclic amide) rings is 1. The van der Waals surface area contributed by atoms with Crippen LogP contribution in [0.5, 0.6) is 0 Å². The minimum absolute atomic E-state index is 0.0187. The lowest BCUT2D eigenvalue weighted by Crippen LogP contribution is -2.71. The van der Waals surface area contributed by atoms with Gasteiger partial charge in [-0.15, -0.1) is 34.9 Å². The average Bonchev–Trinajstić information content (AvgIpc) is 3.64. The first-order valence-electron chi connectivity index (χ1n) is 12.9. The summed E-state index contributed by atoms with van der Waals surface area (Å²) in [6, 6.07) is 0.781. The molecule has 19 heteroatoms. The predicted molar refractivity (Wildman–Crippen MR) is 160 cm³/mol. The number of rotatable bonds is 10. The number of hydrogen-bond acceptors (Lipinski definition) is 16. The number of carbonyl (C=O) groups excluding carboxylic acids is 4. The van der Waals surface area contributed by atoms with Gasteiger partial charge in [0.2, 0.25) is 6.79 Å². The number of oxime groups is 1. The van der Waals surface area contributed by atoms with E-state index in [2.05, 4.69) is 30.5 Å². The second-order valence-corrected chi connectivity index (χ2v) is 13.3. The molecule has 44 heavy (non-hydrogen) atoms. The molecule has 1 saturated heterocycles. The highest BCUT2D eigenvalue weighted by Gasteiger charge is 2.54. The van der Waals surface area contributed by atoms with Crippen LogP contribution in [0.2, 0.25) is 0 Å². The molecule has 2 aliphatic heterocycles. The summed E-state index contributed by atoms with van der Waals surface area (Å²) in [5, 5.41) is 12.2. The van der Waals surface area contributed by atoms with Crippen molar-refractivity contribution in [2.24, 2.45) is 10.6 Å². The Kier molecular flexibility index (Phi) is 9.07. The molecule has 5 heterocycles. The van der Waals surface area contributed by atoms with E-state index >= 15 is 0 Å². The normalized spacial score (nSPS) is 18.5. The summed E-state index contributed by atoms with van der Waals surface area (Å²) in [7, 11) is 1.27. The van der Waals surface area contributed by atoms with E-state index in [-0.39, 0.29) is 22.2 Å². The van der Waals surface area contributed by atoms with Gasteiger partial charge in [0.15, 0.2) is 10.8 Å². The SMILES string of the molecule is CON=C(C(=O)N[C@@H]1C(=O)N2C(C(=O)OCOC(=O)C(C)(C)C)=C(CSc3ccn4ncnc4n3)CS[C@H]12)c1csc(N)n1. The van der Waals surface area contributed by atoms with Gasteiger partial charge in [-0.1, -0.05) is 5.16 Å². The monoisotopic (exact) mass is 661 g/mol. The Morgan fingerprint density at radius 2 is 2.05 bits per heavy atom. The number of nitrogens with zero attached hydrogens (tertiary/aromatic N) is 7. The molecular weight excluding hydrogens is 635 g/mol. The third kappa shape index (κ3) is 6.48. The van der Waals surface area contributed by atoms with Crippen molar-refractivity contribution in [1.29, 1.82) is 0 Å². The molecule has 0 unspecified atom stereocenters. The van der Waals surface area contributed by atoms with E-state index in [1.807, 2.05) is 0 Å². The highest BCUT2D eigenvalue weighted by Crippen LogP contribution is 2.42. The zero-order valence-electron chi connectivity index (χ0n) is 23.9. The average molecular weight is 662 g/mol. The first kappa shape index (κ1) is 31.2. The van der Waals surface area contributed by atoms with Gasteiger partial charge in [0, 0.05) is 23.1 Å². The number of nitrogens with two attached hydrogens (primary N) is 1. The lowest BCUT2D eigenvalue weighted by atomic mass is 9.98. The molecule has 2 atom stereocenters. The van der Waals surface area contributed by atoms with E-state index in [0.29, 0.717) is 27.9 Å². The highest BCUT2D eigenvalue weighted by atomic mass is 32.2. The molecule has 2 amide bonds. The number of aromatic nitrogens is 5. The van der Waals surface area contributed by atoms with Gasteiger partial charge in [-0.05, 0) is 32.4 Å². The Balaban J connectivity index is 1.34. The summed E-state index contributed by atoms with van der Waals surface area (Å²) >= 11 is 3.82. The first-order chi connectivity index (χ1) is 21.0. The number of thioether (sulfide) groups is 2. The maximum absolute atomic E-state index is 13.4. The number of esters is 2. The molecule has 0 spiro atoms. The van der Waals surface area contributed by atoms with Crippen molar-refractivity contribution in [2.45, 2.75) is 37.2 Å². The van der Waals surface area contributed by atoms with Crippen LogP contribution in [0.25, 0.3) is 5.78 Å². The number of thiazole rings is 1. The van der Waals surface area contributed by atoms with Crippen LogP contribution in [-0.2, 0) is 33.5 Å².